The summed E-state index contributed by atoms with van der Waals surface area (Å²) in [6.07, 6.45) is -0.378. The molecular weight excluding hydrogens is 327 g/mol. The molecule has 0 aliphatic carbocycles. The van der Waals surface area contributed by atoms with Crippen LogP contribution in [0.2, 0.25) is 0 Å². The maximum atomic E-state index is 12.3. The van der Waals surface area contributed by atoms with E-state index in [1.165, 1.54) is 0 Å². The van der Waals surface area contributed by atoms with Crippen molar-refractivity contribution in [2.24, 2.45) is 0 Å². The summed E-state index contributed by atoms with van der Waals surface area (Å²) in [6.45, 7) is 2.65. The van der Waals surface area contributed by atoms with Crippen molar-refractivity contribution in [1.82, 2.24) is 0 Å². The van der Waals surface area contributed by atoms with E-state index in [9.17, 15) is 28.1 Å². The van der Waals surface area contributed by atoms with Gasteiger partial charge in [0.25, 0.3) is 0 Å². The third-order valence-electron chi connectivity index (χ3n) is 2.07. The zero-order valence-corrected chi connectivity index (χ0v) is 12.4. The Morgan fingerprint density at radius 2 is 2.05 bits per heavy atom. The highest BCUT2D eigenvalue weighted by Gasteiger charge is 2.30. The largest absolute Gasteiger partial charge is 0.475 e. The van der Waals surface area contributed by atoms with Crippen LogP contribution in [0.25, 0.3) is 0 Å². The van der Waals surface area contributed by atoms with Crippen LogP contribution in [0.15, 0.2) is 23.1 Å². The van der Waals surface area contributed by atoms with Gasteiger partial charge in [-0.2, -0.15) is 13.2 Å². The number of halogens is 3. The van der Waals surface area contributed by atoms with Crippen LogP contribution < -0.4 is 4.74 Å². The van der Waals surface area contributed by atoms with Crippen molar-refractivity contribution in [3.63, 3.8) is 0 Å². The molecule has 0 fully saturated rings. The van der Waals surface area contributed by atoms with Crippen LogP contribution in [-0.2, 0) is 9.53 Å². The van der Waals surface area contributed by atoms with Crippen molar-refractivity contribution in [1.29, 1.82) is 0 Å². The number of benzene rings is 1. The number of rotatable bonds is 6. The van der Waals surface area contributed by atoms with Crippen molar-refractivity contribution in [2.75, 3.05) is 6.61 Å². The van der Waals surface area contributed by atoms with Crippen LogP contribution in [0.3, 0.4) is 0 Å². The Bertz CT molecular complexity index is 562. The molecule has 0 aliphatic rings. The molecule has 0 N–H and O–H groups in total. The van der Waals surface area contributed by atoms with Crippen molar-refractivity contribution in [2.45, 2.75) is 30.4 Å². The Kier molecular flexibility index (Phi) is 6.03. The van der Waals surface area contributed by atoms with E-state index in [0.29, 0.717) is 0 Å². The predicted octanol–water partition coefficient (Wildman–Crippen LogP) is 3.54. The van der Waals surface area contributed by atoms with E-state index < -0.39 is 40.5 Å². The van der Waals surface area contributed by atoms with E-state index in [4.69, 9.17) is 9.47 Å². The molecule has 0 amide bonds. The van der Waals surface area contributed by atoms with E-state index in [1.807, 2.05) is 0 Å². The maximum absolute atomic E-state index is 12.3. The molecule has 1 aromatic carbocycles. The highest BCUT2D eigenvalue weighted by atomic mass is 32.2. The topological polar surface area (TPSA) is 78.7 Å². The Labute approximate surface area is 127 Å². The molecule has 0 heterocycles. The number of esters is 1. The molecule has 0 aliphatic heterocycles. The minimum atomic E-state index is -4.56. The van der Waals surface area contributed by atoms with E-state index in [-0.39, 0.29) is 16.7 Å². The lowest BCUT2D eigenvalue weighted by molar-refractivity contribution is -0.386. The Morgan fingerprint density at radius 1 is 1.41 bits per heavy atom. The first-order valence-corrected chi connectivity index (χ1v) is 6.76. The molecule has 0 saturated heterocycles. The molecule has 0 unspecified atom stereocenters. The second-order valence-corrected chi connectivity index (χ2v) is 5.40. The van der Waals surface area contributed by atoms with Crippen molar-refractivity contribution in [3.8, 4) is 5.75 Å². The highest BCUT2D eigenvalue weighted by Crippen LogP contribution is 2.40. The average Bonchev–Trinajstić information content (AvgIpc) is 2.34. The standard InChI is InChI=1S/C12H12F3NO5S/c1-7(2)21-11(17)6-20-10-4-3-8(22-12(13,14)15)5-9(10)16(18)19/h3-5,7H,6H2,1-2H3. The van der Waals surface area contributed by atoms with Gasteiger partial charge in [-0.25, -0.2) is 4.79 Å². The number of thioether (sulfide) groups is 1. The van der Waals surface area contributed by atoms with Gasteiger partial charge < -0.3 is 9.47 Å². The zero-order chi connectivity index (χ0) is 16.9. The summed E-state index contributed by atoms with van der Waals surface area (Å²) in [6, 6.07) is 2.77. The van der Waals surface area contributed by atoms with Gasteiger partial charge in [0.05, 0.1) is 11.0 Å². The summed E-state index contributed by atoms with van der Waals surface area (Å²) in [5.74, 6) is -1.05. The minimum Gasteiger partial charge on any atom is -0.475 e. The number of alkyl halides is 3. The van der Waals surface area contributed by atoms with Gasteiger partial charge in [-0.3, -0.25) is 10.1 Å². The first kappa shape index (κ1) is 18.1. The molecular formula is C12H12F3NO5S. The third kappa shape index (κ3) is 6.20. The van der Waals surface area contributed by atoms with Crippen LogP contribution in [-0.4, -0.2) is 29.1 Å². The normalized spacial score (nSPS) is 11.4. The lowest BCUT2D eigenvalue weighted by atomic mass is 10.3. The Balaban J connectivity index is 2.87. The zero-order valence-electron chi connectivity index (χ0n) is 11.5. The number of hydrogen-bond donors (Lipinski definition) is 0. The summed E-state index contributed by atoms with van der Waals surface area (Å²) in [4.78, 5) is 20.9. The highest BCUT2D eigenvalue weighted by molar-refractivity contribution is 8.00. The first-order valence-electron chi connectivity index (χ1n) is 5.95. The number of nitrogens with zero attached hydrogens (tertiary/aromatic N) is 1. The van der Waals surface area contributed by atoms with E-state index >= 15 is 0 Å². The fourth-order valence-electron chi connectivity index (χ4n) is 1.39. The van der Waals surface area contributed by atoms with E-state index in [2.05, 4.69) is 0 Å². The summed E-state index contributed by atoms with van der Waals surface area (Å²) in [7, 11) is 0. The monoisotopic (exact) mass is 339 g/mol. The fourth-order valence-corrected chi connectivity index (χ4v) is 1.97. The molecule has 22 heavy (non-hydrogen) atoms. The second kappa shape index (κ2) is 7.34. The number of hydrogen-bond acceptors (Lipinski definition) is 6. The first-order chi connectivity index (χ1) is 10.1. The fraction of sp³-hybridized carbons (Fsp3) is 0.417. The smallest absolute Gasteiger partial charge is 0.446 e. The Morgan fingerprint density at radius 3 is 2.55 bits per heavy atom. The van der Waals surface area contributed by atoms with Gasteiger partial charge in [-0.1, -0.05) is 0 Å². The summed E-state index contributed by atoms with van der Waals surface area (Å²) < 4.78 is 46.5. The molecule has 1 aromatic rings. The SMILES string of the molecule is CC(C)OC(=O)COc1ccc(SC(F)(F)F)cc1[N+](=O)[O-]. The summed E-state index contributed by atoms with van der Waals surface area (Å²) in [5, 5.41) is 10.9. The van der Waals surface area contributed by atoms with Crippen LogP contribution in [0, 0.1) is 10.1 Å². The molecule has 1 rings (SSSR count). The van der Waals surface area contributed by atoms with E-state index in [0.717, 1.165) is 18.2 Å². The Hall–Kier alpha value is -1.97. The van der Waals surface area contributed by atoms with Crippen molar-refractivity contribution in [3.05, 3.63) is 28.3 Å². The van der Waals surface area contributed by atoms with E-state index in [1.54, 1.807) is 13.8 Å². The number of carbonyl (C=O) groups is 1. The van der Waals surface area contributed by atoms with Crippen LogP contribution in [0.4, 0.5) is 18.9 Å². The molecule has 122 valence electrons. The molecule has 0 spiro atoms. The molecule has 0 radical (unpaired) electrons. The number of carbonyl (C=O) groups excluding carboxylic acids is 1. The average molecular weight is 339 g/mol. The molecule has 0 bridgehead atoms. The molecule has 0 aromatic heterocycles. The maximum Gasteiger partial charge on any atom is 0.446 e. The van der Waals surface area contributed by atoms with Gasteiger partial charge in [0.15, 0.2) is 12.4 Å². The molecule has 0 saturated carbocycles. The van der Waals surface area contributed by atoms with Crippen LogP contribution in [0.1, 0.15) is 13.8 Å². The second-order valence-electron chi connectivity index (χ2n) is 4.26. The lowest BCUT2D eigenvalue weighted by Crippen LogP contribution is -2.19. The predicted molar refractivity (Wildman–Crippen MR) is 71.7 cm³/mol. The van der Waals surface area contributed by atoms with Gasteiger partial charge in [0, 0.05) is 11.0 Å². The van der Waals surface area contributed by atoms with Gasteiger partial charge in [0.2, 0.25) is 0 Å². The van der Waals surface area contributed by atoms with Gasteiger partial charge in [-0.05, 0) is 37.7 Å². The molecule has 10 heteroatoms. The minimum absolute atomic E-state index is 0.308. The van der Waals surface area contributed by atoms with Crippen LogP contribution >= 0.6 is 11.8 Å². The summed E-state index contributed by atoms with van der Waals surface area (Å²) in [5.41, 5.74) is -5.22. The van der Waals surface area contributed by atoms with Crippen molar-refractivity contribution >= 4 is 23.4 Å². The quantitative estimate of drug-likeness (QED) is 0.341. The molecule has 0 atom stereocenters. The number of ether oxygens (including phenoxy) is 2. The molecule has 6 nitrogen and oxygen atoms in total. The lowest BCUT2D eigenvalue weighted by Gasteiger charge is -2.10. The van der Waals surface area contributed by atoms with Gasteiger partial charge in [-0.15, -0.1) is 0 Å². The number of nitro groups is 1. The number of nitro benzene ring substituents is 1. The van der Waals surface area contributed by atoms with Gasteiger partial charge in [0.1, 0.15) is 0 Å². The summed E-state index contributed by atoms with van der Waals surface area (Å²) >= 11 is -0.478. The van der Waals surface area contributed by atoms with Gasteiger partial charge >= 0.3 is 17.2 Å². The van der Waals surface area contributed by atoms with Crippen LogP contribution in [0.5, 0.6) is 5.75 Å². The third-order valence-corrected chi connectivity index (χ3v) is 2.79. The van der Waals surface area contributed by atoms with Crippen molar-refractivity contribution < 1.29 is 32.4 Å².